The van der Waals surface area contributed by atoms with Crippen molar-refractivity contribution in [2.75, 3.05) is 30.3 Å². The second-order valence-corrected chi connectivity index (χ2v) is 11.6. The number of fused-ring (bicyclic) bond motifs is 1. The Labute approximate surface area is 207 Å². The number of carbonyl (C=O) groups excluding carboxylic acids is 2. The zero-order valence-electron chi connectivity index (χ0n) is 19.0. The summed E-state index contributed by atoms with van der Waals surface area (Å²) in [7, 11) is -3.55. The van der Waals surface area contributed by atoms with Crippen LogP contribution in [0.25, 0.3) is 11.3 Å². The van der Waals surface area contributed by atoms with Crippen molar-refractivity contribution in [2.24, 2.45) is 0 Å². The van der Waals surface area contributed by atoms with Gasteiger partial charge in [-0.25, -0.2) is 13.4 Å². The summed E-state index contributed by atoms with van der Waals surface area (Å²) >= 11 is 1.33. The van der Waals surface area contributed by atoms with E-state index in [1.807, 2.05) is 13.0 Å². The largest absolute Gasteiger partial charge is 0.482 e. The third kappa shape index (κ3) is 4.79. The minimum Gasteiger partial charge on any atom is -0.482 e. The van der Waals surface area contributed by atoms with Crippen molar-refractivity contribution in [3.05, 3.63) is 52.9 Å². The summed E-state index contributed by atoms with van der Waals surface area (Å²) in [6.07, 6.45) is 2.77. The van der Waals surface area contributed by atoms with Gasteiger partial charge in [-0.15, -0.1) is 11.3 Å². The second-order valence-electron chi connectivity index (χ2n) is 8.41. The van der Waals surface area contributed by atoms with Gasteiger partial charge in [0, 0.05) is 29.1 Å². The number of thiazole rings is 1. The van der Waals surface area contributed by atoms with Gasteiger partial charge in [0.05, 0.1) is 16.3 Å². The van der Waals surface area contributed by atoms with Crippen LogP contribution >= 0.6 is 11.3 Å². The summed E-state index contributed by atoms with van der Waals surface area (Å²) in [5, 5.41) is 6.00. The molecule has 0 atom stereocenters. The van der Waals surface area contributed by atoms with Gasteiger partial charge in [0.25, 0.3) is 11.8 Å². The number of aromatic nitrogens is 1. The van der Waals surface area contributed by atoms with Crippen molar-refractivity contribution >= 4 is 44.0 Å². The third-order valence-corrected chi connectivity index (χ3v) is 8.77. The molecule has 9 nitrogen and oxygen atoms in total. The van der Waals surface area contributed by atoms with Gasteiger partial charge in [0.2, 0.25) is 10.0 Å². The Kier molecular flexibility index (Phi) is 6.30. The van der Waals surface area contributed by atoms with Crippen LogP contribution in [-0.2, 0) is 14.8 Å². The van der Waals surface area contributed by atoms with E-state index < -0.39 is 10.0 Å². The highest BCUT2D eigenvalue weighted by molar-refractivity contribution is 7.89. The molecule has 0 unspecified atom stereocenters. The van der Waals surface area contributed by atoms with E-state index in [9.17, 15) is 18.0 Å². The van der Waals surface area contributed by atoms with Crippen molar-refractivity contribution in [2.45, 2.75) is 31.1 Å². The van der Waals surface area contributed by atoms with Gasteiger partial charge in [-0.1, -0.05) is 6.42 Å². The molecule has 0 spiro atoms. The van der Waals surface area contributed by atoms with Crippen molar-refractivity contribution in [3.8, 4) is 17.0 Å². The number of piperidine rings is 1. The molecule has 0 radical (unpaired) electrons. The van der Waals surface area contributed by atoms with Crippen LogP contribution in [0.2, 0.25) is 0 Å². The number of nitrogens with zero attached hydrogens (tertiary/aromatic N) is 2. The number of carbonyl (C=O) groups is 2. The maximum absolute atomic E-state index is 12.8. The predicted octanol–water partition coefficient (Wildman–Crippen LogP) is 3.88. The highest BCUT2D eigenvalue weighted by Crippen LogP contribution is 2.36. The number of sulfonamides is 1. The fourth-order valence-corrected chi connectivity index (χ4v) is 6.50. The molecule has 2 aliphatic rings. The Balaban J connectivity index is 1.31. The lowest BCUT2D eigenvalue weighted by atomic mass is 10.1. The number of benzene rings is 2. The lowest BCUT2D eigenvalue weighted by Gasteiger charge is -2.25. The van der Waals surface area contributed by atoms with Crippen molar-refractivity contribution in [3.63, 3.8) is 0 Å². The Hall–Kier alpha value is -3.28. The average molecular weight is 513 g/mol. The van der Waals surface area contributed by atoms with E-state index in [0.717, 1.165) is 29.7 Å². The topological polar surface area (TPSA) is 118 Å². The molecule has 1 fully saturated rings. The molecular formula is C24H24N4O5S2. The molecule has 2 N–H and O–H groups in total. The van der Waals surface area contributed by atoms with Gasteiger partial charge in [-0.3, -0.25) is 14.9 Å². The van der Waals surface area contributed by atoms with E-state index in [2.05, 4.69) is 15.6 Å². The van der Waals surface area contributed by atoms with Crippen molar-refractivity contribution in [1.82, 2.24) is 9.29 Å². The zero-order valence-corrected chi connectivity index (χ0v) is 20.7. The Bertz CT molecular complexity index is 1390. The zero-order chi connectivity index (χ0) is 24.6. The van der Waals surface area contributed by atoms with Gasteiger partial charge in [-0.2, -0.15) is 4.31 Å². The molecule has 2 aliphatic heterocycles. The highest BCUT2D eigenvalue weighted by atomic mass is 32.2. The van der Waals surface area contributed by atoms with Gasteiger partial charge in [0.1, 0.15) is 5.75 Å². The lowest BCUT2D eigenvalue weighted by Crippen LogP contribution is -2.35. The molecule has 0 aliphatic carbocycles. The summed E-state index contributed by atoms with van der Waals surface area (Å²) in [6, 6.07) is 11.4. The summed E-state index contributed by atoms with van der Waals surface area (Å²) < 4.78 is 32.6. The van der Waals surface area contributed by atoms with Crippen molar-refractivity contribution in [1.29, 1.82) is 0 Å². The molecule has 5 rings (SSSR count). The molecule has 2 amide bonds. The van der Waals surface area contributed by atoms with Crippen LogP contribution in [0.5, 0.6) is 5.75 Å². The third-order valence-electron chi connectivity index (χ3n) is 5.97. The maximum atomic E-state index is 12.8. The number of nitrogens with one attached hydrogen (secondary N) is 2. The molecule has 3 aromatic rings. The molecule has 1 aromatic heterocycles. The van der Waals surface area contributed by atoms with Crippen molar-refractivity contribution < 1.29 is 22.7 Å². The number of hydrogen-bond acceptors (Lipinski definition) is 7. The molecule has 0 bridgehead atoms. The fourth-order valence-electron chi connectivity index (χ4n) is 4.15. The summed E-state index contributed by atoms with van der Waals surface area (Å²) in [5.74, 6) is 0.00572. The molecule has 2 aromatic carbocycles. The summed E-state index contributed by atoms with van der Waals surface area (Å²) in [4.78, 5) is 30.1. The number of hydrogen-bond donors (Lipinski definition) is 2. The Morgan fingerprint density at radius 3 is 2.60 bits per heavy atom. The maximum Gasteiger partial charge on any atom is 0.262 e. The van der Waals surface area contributed by atoms with Crippen LogP contribution < -0.4 is 15.4 Å². The van der Waals surface area contributed by atoms with Gasteiger partial charge in [0.15, 0.2) is 11.7 Å². The van der Waals surface area contributed by atoms with E-state index in [0.29, 0.717) is 40.9 Å². The molecule has 1 saturated heterocycles. The SMILES string of the molecule is Cc1sc(NC(=O)c2ccc(S(=O)(=O)N3CCCCC3)cc2)nc1-c1ccc2c(c1)NC(=O)CO2. The number of amides is 2. The first-order valence-corrected chi connectivity index (χ1v) is 13.5. The molecule has 182 valence electrons. The van der Waals surface area contributed by atoms with Crippen LogP contribution in [0.4, 0.5) is 10.8 Å². The standard InChI is InChI=1S/C24H24N4O5S2/c1-15-22(17-7-10-20-19(13-17)25-21(29)14-33-20)26-24(34-15)27-23(30)16-5-8-18(9-6-16)35(31,32)28-11-3-2-4-12-28/h5-10,13H,2-4,11-12,14H2,1H3,(H,25,29)(H,26,27,30). The van der Waals surface area contributed by atoms with Gasteiger partial charge < -0.3 is 10.1 Å². The lowest BCUT2D eigenvalue weighted by molar-refractivity contribution is -0.118. The van der Waals surface area contributed by atoms with Crippen LogP contribution in [0, 0.1) is 6.92 Å². The van der Waals surface area contributed by atoms with E-state index in [-0.39, 0.29) is 23.3 Å². The number of anilines is 2. The Morgan fingerprint density at radius 1 is 1.11 bits per heavy atom. The van der Waals surface area contributed by atoms with Gasteiger partial charge >= 0.3 is 0 Å². The predicted molar refractivity (Wildman–Crippen MR) is 133 cm³/mol. The molecule has 35 heavy (non-hydrogen) atoms. The van der Waals surface area contributed by atoms with E-state index >= 15 is 0 Å². The minimum absolute atomic E-state index is 0.0105. The minimum atomic E-state index is -3.55. The van der Waals surface area contributed by atoms with E-state index in [1.165, 1.54) is 39.9 Å². The highest BCUT2D eigenvalue weighted by Gasteiger charge is 2.26. The van der Waals surface area contributed by atoms with Crippen LogP contribution in [-0.4, -0.2) is 49.2 Å². The summed E-state index contributed by atoms with van der Waals surface area (Å²) in [6.45, 7) is 2.95. The quantitative estimate of drug-likeness (QED) is 0.536. The van der Waals surface area contributed by atoms with E-state index in [4.69, 9.17) is 4.74 Å². The Morgan fingerprint density at radius 2 is 1.86 bits per heavy atom. The monoisotopic (exact) mass is 512 g/mol. The van der Waals surface area contributed by atoms with Crippen LogP contribution in [0.3, 0.4) is 0 Å². The smallest absolute Gasteiger partial charge is 0.262 e. The number of aryl methyl sites for hydroxylation is 1. The first-order chi connectivity index (χ1) is 16.8. The molecule has 11 heteroatoms. The first-order valence-electron chi connectivity index (χ1n) is 11.3. The fraction of sp³-hybridized carbons (Fsp3) is 0.292. The summed E-state index contributed by atoms with van der Waals surface area (Å²) in [5.41, 5.74) is 2.40. The molecule has 3 heterocycles. The second kappa shape index (κ2) is 9.40. The number of rotatable bonds is 5. The normalized spacial score (nSPS) is 16.2. The number of ether oxygens (including phenoxy) is 1. The van der Waals surface area contributed by atoms with Gasteiger partial charge in [-0.05, 0) is 62.2 Å². The average Bonchev–Trinajstić information content (AvgIpc) is 3.23. The van der Waals surface area contributed by atoms with Crippen LogP contribution in [0.15, 0.2) is 47.4 Å². The molecular weight excluding hydrogens is 488 g/mol. The first kappa shape index (κ1) is 23.5. The van der Waals surface area contributed by atoms with E-state index in [1.54, 1.807) is 12.1 Å². The van der Waals surface area contributed by atoms with Crippen LogP contribution in [0.1, 0.15) is 34.5 Å². The molecule has 0 saturated carbocycles.